The first kappa shape index (κ1) is 17.4. The van der Waals surface area contributed by atoms with Crippen molar-refractivity contribution >= 4 is 32.6 Å². The maximum atomic E-state index is 13.3. The molecule has 136 valence electrons. The van der Waals surface area contributed by atoms with Gasteiger partial charge in [-0.3, -0.25) is 14.7 Å². The standard InChI is InChI=1S/C20H19N5OS/c1-13-6-7-14(2)17-16(13)23-20(27-17)25(12-15-5-4-8-21-11-15)19(26)18-22-9-10-24(18)3/h4-11H,12H2,1-3H3. The van der Waals surface area contributed by atoms with Gasteiger partial charge in [0.2, 0.25) is 0 Å². The molecule has 4 rings (SSSR count). The van der Waals surface area contributed by atoms with E-state index in [0.717, 1.165) is 26.9 Å². The lowest BCUT2D eigenvalue weighted by molar-refractivity contribution is 0.0972. The van der Waals surface area contributed by atoms with Crippen molar-refractivity contribution in [2.24, 2.45) is 7.05 Å². The monoisotopic (exact) mass is 377 g/mol. The van der Waals surface area contributed by atoms with Gasteiger partial charge in [-0.05, 0) is 36.6 Å². The molecule has 0 aliphatic carbocycles. The van der Waals surface area contributed by atoms with Crippen LogP contribution in [0.3, 0.4) is 0 Å². The van der Waals surface area contributed by atoms with Crippen LogP contribution in [0.25, 0.3) is 10.2 Å². The molecule has 0 atom stereocenters. The molecule has 0 aliphatic rings. The number of aryl methyl sites for hydroxylation is 3. The number of amides is 1. The van der Waals surface area contributed by atoms with Crippen LogP contribution in [0.4, 0.5) is 5.13 Å². The maximum absolute atomic E-state index is 13.3. The molecule has 0 unspecified atom stereocenters. The average Bonchev–Trinajstić information content (AvgIpc) is 3.30. The van der Waals surface area contributed by atoms with Crippen LogP contribution in [0.15, 0.2) is 49.1 Å². The summed E-state index contributed by atoms with van der Waals surface area (Å²) < 4.78 is 2.83. The average molecular weight is 377 g/mol. The van der Waals surface area contributed by atoms with Crippen molar-refractivity contribution in [3.8, 4) is 0 Å². The van der Waals surface area contributed by atoms with Crippen molar-refractivity contribution in [3.63, 3.8) is 0 Å². The molecule has 1 aromatic carbocycles. The highest BCUT2D eigenvalue weighted by Crippen LogP contribution is 2.34. The minimum absolute atomic E-state index is 0.180. The Balaban J connectivity index is 1.82. The maximum Gasteiger partial charge on any atom is 0.296 e. The lowest BCUT2D eigenvalue weighted by Crippen LogP contribution is -2.32. The zero-order valence-corrected chi connectivity index (χ0v) is 16.2. The third kappa shape index (κ3) is 3.21. The van der Waals surface area contributed by atoms with Gasteiger partial charge in [-0.2, -0.15) is 0 Å². The Bertz CT molecular complexity index is 1080. The van der Waals surface area contributed by atoms with Gasteiger partial charge in [0.25, 0.3) is 5.91 Å². The molecule has 7 heteroatoms. The van der Waals surface area contributed by atoms with Gasteiger partial charge in [-0.25, -0.2) is 9.97 Å². The van der Waals surface area contributed by atoms with Gasteiger partial charge in [-0.15, -0.1) is 0 Å². The van der Waals surface area contributed by atoms with E-state index in [9.17, 15) is 4.79 Å². The third-order valence-corrected chi connectivity index (χ3v) is 5.70. The van der Waals surface area contributed by atoms with Gasteiger partial charge >= 0.3 is 0 Å². The highest BCUT2D eigenvalue weighted by molar-refractivity contribution is 7.22. The normalized spacial score (nSPS) is 11.1. The Morgan fingerprint density at radius 1 is 1.19 bits per heavy atom. The lowest BCUT2D eigenvalue weighted by atomic mass is 10.1. The van der Waals surface area contributed by atoms with E-state index in [0.29, 0.717) is 17.5 Å². The predicted molar refractivity (Wildman–Crippen MR) is 107 cm³/mol. The summed E-state index contributed by atoms with van der Waals surface area (Å²) in [5.41, 5.74) is 4.14. The molecular weight excluding hydrogens is 358 g/mol. The first-order valence-electron chi connectivity index (χ1n) is 8.59. The van der Waals surface area contributed by atoms with E-state index in [1.807, 2.05) is 26.1 Å². The fourth-order valence-corrected chi connectivity index (χ4v) is 4.07. The van der Waals surface area contributed by atoms with Crippen LogP contribution in [0.1, 0.15) is 27.3 Å². The number of rotatable bonds is 4. The van der Waals surface area contributed by atoms with E-state index >= 15 is 0 Å². The molecule has 4 aromatic rings. The molecule has 0 spiro atoms. The Morgan fingerprint density at radius 3 is 2.67 bits per heavy atom. The number of nitrogens with zero attached hydrogens (tertiary/aromatic N) is 5. The number of hydrogen-bond acceptors (Lipinski definition) is 5. The molecule has 3 heterocycles. The van der Waals surface area contributed by atoms with Crippen LogP contribution in [0.5, 0.6) is 0 Å². The molecule has 0 fully saturated rings. The Morgan fingerprint density at radius 2 is 2.00 bits per heavy atom. The van der Waals surface area contributed by atoms with Crippen LogP contribution < -0.4 is 4.90 Å². The first-order valence-corrected chi connectivity index (χ1v) is 9.41. The van der Waals surface area contributed by atoms with Crippen molar-refractivity contribution in [2.75, 3.05) is 4.90 Å². The summed E-state index contributed by atoms with van der Waals surface area (Å²) in [6.45, 7) is 4.49. The van der Waals surface area contributed by atoms with Crippen LogP contribution >= 0.6 is 11.3 Å². The van der Waals surface area contributed by atoms with Crippen molar-refractivity contribution in [2.45, 2.75) is 20.4 Å². The number of fused-ring (bicyclic) bond motifs is 1. The van der Waals surface area contributed by atoms with Crippen LogP contribution in [0.2, 0.25) is 0 Å². The second kappa shape index (κ2) is 6.92. The van der Waals surface area contributed by atoms with Crippen LogP contribution in [-0.4, -0.2) is 25.4 Å². The van der Waals surface area contributed by atoms with Crippen LogP contribution in [-0.2, 0) is 13.6 Å². The van der Waals surface area contributed by atoms with Gasteiger partial charge in [0.05, 0.1) is 16.8 Å². The van der Waals surface area contributed by atoms with Gasteiger partial charge in [0.15, 0.2) is 11.0 Å². The van der Waals surface area contributed by atoms with Gasteiger partial charge in [0, 0.05) is 31.8 Å². The summed E-state index contributed by atoms with van der Waals surface area (Å²) in [5, 5.41) is 0.666. The van der Waals surface area contributed by atoms with E-state index in [2.05, 4.69) is 29.0 Å². The summed E-state index contributed by atoms with van der Waals surface area (Å²) >= 11 is 1.53. The van der Waals surface area contributed by atoms with E-state index in [1.165, 1.54) is 11.3 Å². The number of aromatic nitrogens is 4. The molecule has 0 saturated carbocycles. The molecule has 0 aliphatic heterocycles. The SMILES string of the molecule is Cc1ccc(C)c2sc(N(Cc3cccnc3)C(=O)c3nccn3C)nc12. The Kier molecular flexibility index (Phi) is 4.45. The van der Waals surface area contributed by atoms with E-state index in [1.54, 1.807) is 34.3 Å². The summed E-state index contributed by atoms with van der Waals surface area (Å²) in [6.07, 6.45) is 6.88. The topological polar surface area (TPSA) is 63.9 Å². The summed E-state index contributed by atoms with van der Waals surface area (Å²) in [4.78, 5) is 28.1. The zero-order chi connectivity index (χ0) is 19.0. The highest BCUT2D eigenvalue weighted by atomic mass is 32.1. The molecule has 0 N–H and O–H groups in total. The number of pyridine rings is 1. The second-order valence-electron chi connectivity index (χ2n) is 6.49. The fourth-order valence-electron chi connectivity index (χ4n) is 2.96. The Hall–Kier alpha value is -3.06. The number of anilines is 1. The predicted octanol–water partition coefficient (Wildman–Crippen LogP) is 3.89. The van der Waals surface area contributed by atoms with Crippen LogP contribution in [0, 0.1) is 13.8 Å². The zero-order valence-electron chi connectivity index (χ0n) is 15.4. The van der Waals surface area contributed by atoms with Crippen molar-refractivity contribution < 1.29 is 4.79 Å². The molecule has 0 saturated heterocycles. The molecule has 27 heavy (non-hydrogen) atoms. The van der Waals surface area contributed by atoms with E-state index in [-0.39, 0.29) is 5.91 Å². The minimum Gasteiger partial charge on any atom is -0.330 e. The molecule has 1 amide bonds. The molecule has 3 aromatic heterocycles. The Labute approximate surface area is 161 Å². The molecule has 0 bridgehead atoms. The van der Waals surface area contributed by atoms with Gasteiger partial charge in [-0.1, -0.05) is 29.5 Å². The highest BCUT2D eigenvalue weighted by Gasteiger charge is 2.25. The summed E-state index contributed by atoms with van der Waals surface area (Å²) in [6, 6.07) is 7.97. The third-order valence-electron chi connectivity index (χ3n) is 4.48. The molecule has 6 nitrogen and oxygen atoms in total. The van der Waals surface area contributed by atoms with E-state index < -0.39 is 0 Å². The largest absolute Gasteiger partial charge is 0.330 e. The quantitative estimate of drug-likeness (QED) is 0.541. The summed E-state index contributed by atoms with van der Waals surface area (Å²) in [7, 11) is 1.81. The van der Waals surface area contributed by atoms with Crippen molar-refractivity contribution in [3.05, 3.63) is 71.6 Å². The van der Waals surface area contributed by atoms with Crippen molar-refractivity contribution in [1.82, 2.24) is 19.5 Å². The lowest BCUT2D eigenvalue weighted by Gasteiger charge is -2.19. The first-order chi connectivity index (χ1) is 13.0. The minimum atomic E-state index is -0.180. The number of imidazole rings is 1. The fraction of sp³-hybridized carbons (Fsp3) is 0.200. The number of carbonyl (C=O) groups is 1. The van der Waals surface area contributed by atoms with Gasteiger partial charge in [0.1, 0.15) is 0 Å². The smallest absolute Gasteiger partial charge is 0.296 e. The van der Waals surface area contributed by atoms with Gasteiger partial charge < -0.3 is 4.57 Å². The number of benzene rings is 1. The van der Waals surface area contributed by atoms with Crippen molar-refractivity contribution in [1.29, 1.82) is 0 Å². The molecule has 0 radical (unpaired) electrons. The summed E-state index contributed by atoms with van der Waals surface area (Å²) in [5.74, 6) is 0.201. The molecular formula is C20H19N5OS. The van der Waals surface area contributed by atoms with E-state index in [4.69, 9.17) is 4.98 Å². The number of thiazole rings is 1. The second-order valence-corrected chi connectivity index (χ2v) is 7.47. The number of carbonyl (C=O) groups excluding carboxylic acids is 1. The number of hydrogen-bond donors (Lipinski definition) is 0.